The molecule has 2 rings (SSSR count). The van der Waals surface area contributed by atoms with E-state index in [1.807, 2.05) is 0 Å². The van der Waals surface area contributed by atoms with E-state index in [4.69, 9.17) is 5.11 Å². The number of nitrogens with zero attached hydrogens (tertiary/aromatic N) is 2. The van der Waals surface area contributed by atoms with Crippen LogP contribution in [0.2, 0.25) is 0 Å². The van der Waals surface area contributed by atoms with E-state index < -0.39 is 11.2 Å². The summed E-state index contributed by atoms with van der Waals surface area (Å²) in [5, 5.41) is 8.77. The van der Waals surface area contributed by atoms with E-state index in [0.717, 1.165) is 4.57 Å². The maximum Gasteiger partial charge on any atom is 0.329 e. The Labute approximate surface area is 77.0 Å². The van der Waals surface area contributed by atoms with Crippen molar-refractivity contribution in [2.24, 2.45) is 7.05 Å². The van der Waals surface area contributed by atoms with E-state index in [2.05, 4.69) is 15.0 Å². The maximum atomic E-state index is 11.5. The molecule has 0 saturated heterocycles. The van der Waals surface area contributed by atoms with E-state index in [1.165, 1.54) is 7.05 Å². The minimum absolute atomic E-state index is 0.169. The molecular formula is C7H8N4O3. The molecule has 0 aliphatic carbocycles. The Morgan fingerprint density at radius 3 is 2.79 bits per heavy atom. The van der Waals surface area contributed by atoms with Crippen LogP contribution in [0.1, 0.15) is 5.82 Å². The van der Waals surface area contributed by atoms with Gasteiger partial charge in [0.25, 0.3) is 5.56 Å². The Hall–Kier alpha value is -1.89. The van der Waals surface area contributed by atoms with Crippen LogP contribution < -0.4 is 11.2 Å². The zero-order valence-corrected chi connectivity index (χ0v) is 7.37. The molecule has 0 fully saturated rings. The molecule has 74 valence electrons. The van der Waals surface area contributed by atoms with Crippen LogP contribution in [0.3, 0.4) is 0 Å². The molecule has 0 atom stereocenters. The van der Waals surface area contributed by atoms with Crippen molar-refractivity contribution in [1.82, 2.24) is 19.5 Å². The van der Waals surface area contributed by atoms with Crippen LogP contribution in [0.4, 0.5) is 0 Å². The summed E-state index contributed by atoms with van der Waals surface area (Å²) in [7, 11) is 1.36. The highest BCUT2D eigenvalue weighted by molar-refractivity contribution is 5.68. The average molecular weight is 196 g/mol. The first kappa shape index (κ1) is 8.70. The number of nitrogens with one attached hydrogen (secondary N) is 2. The van der Waals surface area contributed by atoms with Crippen molar-refractivity contribution in [1.29, 1.82) is 0 Å². The highest BCUT2D eigenvalue weighted by atomic mass is 16.3. The third kappa shape index (κ3) is 1.06. The second kappa shape index (κ2) is 2.81. The Morgan fingerprint density at radius 1 is 1.43 bits per heavy atom. The molecule has 0 bridgehead atoms. The van der Waals surface area contributed by atoms with Gasteiger partial charge in [0.2, 0.25) is 0 Å². The molecule has 0 spiro atoms. The van der Waals surface area contributed by atoms with Crippen LogP contribution >= 0.6 is 0 Å². The lowest BCUT2D eigenvalue weighted by atomic mass is 10.5. The molecule has 0 aromatic carbocycles. The summed E-state index contributed by atoms with van der Waals surface area (Å²) in [6.07, 6.45) is 0. The van der Waals surface area contributed by atoms with E-state index in [-0.39, 0.29) is 23.6 Å². The van der Waals surface area contributed by atoms with E-state index in [9.17, 15) is 9.59 Å². The first-order valence-corrected chi connectivity index (χ1v) is 3.92. The zero-order chi connectivity index (χ0) is 10.3. The summed E-state index contributed by atoms with van der Waals surface area (Å²) >= 11 is 0. The molecule has 7 heteroatoms. The Morgan fingerprint density at radius 2 is 2.14 bits per heavy atom. The molecule has 0 saturated carbocycles. The Kier molecular flexibility index (Phi) is 1.74. The minimum Gasteiger partial charge on any atom is -0.388 e. The summed E-state index contributed by atoms with van der Waals surface area (Å²) in [5.74, 6) is 0.249. The Bertz CT molecular complexity index is 591. The van der Waals surface area contributed by atoms with Crippen LogP contribution in [-0.4, -0.2) is 24.6 Å². The molecule has 0 unspecified atom stereocenters. The van der Waals surface area contributed by atoms with Crippen molar-refractivity contribution >= 4 is 11.2 Å². The fourth-order valence-corrected chi connectivity index (χ4v) is 1.19. The summed E-state index contributed by atoms with van der Waals surface area (Å²) in [6, 6.07) is 0. The topological polar surface area (TPSA) is 104 Å². The van der Waals surface area contributed by atoms with Crippen molar-refractivity contribution in [3.8, 4) is 0 Å². The predicted molar refractivity (Wildman–Crippen MR) is 47.9 cm³/mol. The normalized spacial score (nSPS) is 11.0. The summed E-state index contributed by atoms with van der Waals surface area (Å²) < 4.78 is 0.932. The van der Waals surface area contributed by atoms with Crippen molar-refractivity contribution < 1.29 is 5.11 Å². The molecule has 2 aromatic rings. The average Bonchev–Trinajstić information content (AvgIpc) is 2.57. The SMILES string of the molecule is Cn1c(=O)[nH]c2nc(CO)[nH]c2c1=O. The molecule has 2 aromatic heterocycles. The predicted octanol–water partition coefficient (Wildman–Crippen LogP) is -1.56. The number of aliphatic hydroxyl groups excluding tert-OH is 1. The quantitative estimate of drug-likeness (QED) is 0.513. The molecule has 0 radical (unpaired) electrons. The standard InChI is InChI=1S/C7H8N4O3/c1-11-6(13)4-5(10-7(11)14)9-3(2-12)8-4/h12H,2H2,1H3,(H,8,9)(H,10,14). The van der Waals surface area contributed by atoms with Gasteiger partial charge in [0.15, 0.2) is 5.65 Å². The molecule has 0 aliphatic rings. The van der Waals surface area contributed by atoms with Gasteiger partial charge in [0.1, 0.15) is 17.9 Å². The van der Waals surface area contributed by atoms with Crippen LogP contribution in [-0.2, 0) is 13.7 Å². The fourth-order valence-electron chi connectivity index (χ4n) is 1.19. The number of aromatic nitrogens is 4. The van der Waals surface area contributed by atoms with E-state index in [1.54, 1.807) is 0 Å². The van der Waals surface area contributed by atoms with Gasteiger partial charge in [-0.15, -0.1) is 0 Å². The number of H-pyrrole nitrogens is 2. The van der Waals surface area contributed by atoms with Gasteiger partial charge in [-0.3, -0.25) is 14.3 Å². The fraction of sp³-hybridized carbons (Fsp3) is 0.286. The molecule has 0 aliphatic heterocycles. The summed E-state index contributed by atoms with van der Waals surface area (Å²) in [4.78, 5) is 31.5. The largest absolute Gasteiger partial charge is 0.388 e. The number of imidazole rings is 1. The van der Waals surface area contributed by atoms with Crippen molar-refractivity contribution in [2.75, 3.05) is 0 Å². The van der Waals surface area contributed by atoms with Crippen LogP contribution in [0.15, 0.2) is 9.59 Å². The van der Waals surface area contributed by atoms with Crippen LogP contribution in [0.25, 0.3) is 11.2 Å². The number of aliphatic hydroxyl groups is 1. The monoisotopic (exact) mass is 196 g/mol. The van der Waals surface area contributed by atoms with Crippen LogP contribution in [0.5, 0.6) is 0 Å². The number of aromatic amines is 2. The number of hydrogen-bond donors (Lipinski definition) is 3. The lowest BCUT2D eigenvalue weighted by Gasteiger charge is -1.93. The van der Waals surface area contributed by atoms with Gasteiger partial charge >= 0.3 is 5.69 Å². The molecular weight excluding hydrogens is 188 g/mol. The smallest absolute Gasteiger partial charge is 0.329 e. The van der Waals surface area contributed by atoms with Crippen molar-refractivity contribution in [2.45, 2.75) is 6.61 Å². The van der Waals surface area contributed by atoms with Crippen LogP contribution in [0, 0.1) is 0 Å². The molecule has 0 amide bonds. The van der Waals surface area contributed by atoms with Gasteiger partial charge in [0.05, 0.1) is 0 Å². The Balaban J connectivity index is 2.95. The maximum absolute atomic E-state index is 11.5. The second-order valence-corrected chi connectivity index (χ2v) is 2.86. The minimum atomic E-state index is -0.529. The van der Waals surface area contributed by atoms with Gasteiger partial charge in [0, 0.05) is 7.05 Å². The highest BCUT2D eigenvalue weighted by Gasteiger charge is 2.08. The van der Waals surface area contributed by atoms with Gasteiger partial charge in [-0.25, -0.2) is 9.78 Å². The zero-order valence-electron chi connectivity index (χ0n) is 7.37. The van der Waals surface area contributed by atoms with Gasteiger partial charge < -0.3 is 10.1 Å². The molecule has 7 nitrogen and oxygen atoms in total. The lowest BCUT2D eigenvalue weighted by molar-refractivity contribution is 0.273. The highest BCUT2D eigenvalue weighted by Crippen LogP contribution is 2.00. The first-order chi connectivity index (χ1) is 6.63. The van der Waals surface area contributed by atoms with Gasteiger partial charge in [-0.05, 0) is 0 Å². The van der Waals surface area contributed by atoms with Gasteiger partial charge in [-0.1, -0.05) is 0 Å². The third-order valence-electron chi connectivity index (χ3n) is 1.95. The molecule has 3 N–H and O–H groups in total. The summed E-state index contributed by atoms with van der Waals surface area (Å²) in [6.45, 7) is -0.306. The lowest BCUT2D eigenvalue weighted by Crippen LogP contribution is -2.32. The number of hydrogen-bond acceptors (Lipinski definition) is 4. The van der Waals surface area contributed by atoms with E-state index in [0.29, 0.717) is 0 Å². The first-order valence-electron chi connectivity index (χ1n) is 3.92. The third-order valence-corrected chi connectivity index (χ3v) is 1.95. The second-order valence-electron chi connectivity index (χ2n) is 2.86. The molecule has 2 heterocycles. The summed E-state index contributed by atoms with van der Waals surface area (Å²) in [5.41, 5.74) is -0.632. The molecule has 14 heavy (non-hydrogen) atoms. The number of rotatable bonds is 1. The van der Waals surface area contributed by atoms with Gasteiger partial charge in [-0.2, -0.15) is 0 Å². The van der Waals surface area contributed by atoms with Crippen molar-refractivity contribution in [3.63, 3.8) is 0 Å². The van der Waals surface area contributed by atoms with E-state index >= 15 is 0 Å². The van der Waals surface area contributed by atoms with Crippen molar-refractivity contribution in [3.05, 3.63) is 26.7 Å². The number of fused-ring (bicyclic) bond motifs is 1.